The molecule has 0 radical (unpaired) electrons. The van der Waals surface area contributed by atoms with Crippen molar-refractivity contribution in [3.8, 4) is 62.3 Å². The molecule has 4 aliphatic rings. The van der Waals surface area contributed by atoms with E-state index in [1.807, 2.05) is 79.3 Å². The fraction of sp³-hybridized carbons (Fsp3) is 0.385. The second kappa shape index (κ2) is 45.6. The van der Waals surface area contributed by atoms with Gasteiger partial charge in [-0.3, -0.25) is 19.6 Å². The van der Waals surface area contributed by atoms with Crippen molar-refractivity contribution in [2.24, 2.45) is 0 Å². The van der Waals surface area contributed by atoms with Crippen LogP contribution in [0.25, 0.3) is 45.0 Å². The van der Waals surface area contributed by atoms with E-state index in [0.717, 1.165) is 236 Å². The zero-order valence-corrected chi connectivity index (χ0v) is 75.2. The van der Waals surface area contributed by atoms with Gasteiger partial charge in [0, 0.05) is 206 Å². The van der Waals surface area contributed by atoms with Crippen molar-refractivity contribution in [3.63, 3.8) is 0 Å². The maximum atomic E-state index is 13.4. The molecule has 0 spiro atoms. The summed E-state index contributed by atoms with van der Waals surface area (Å²) in [6.45, 7) is 32.4. The number of halogens is 3. The van der Waals surface area contributed by atoms with E-state index in [9.17, 15) is 24.1 Å². The first kappa shape index (κ1) is 93.0. The van der Waals surface area contributed by atoms with Crippen LogP contribution in [0.3, 0.4) is 0 Å². The Morgan fingerprint density at radius 2 is 0.675 bits per heavy atom. The van der Waals surface area contributed by atoms with Crippen molar-refractivity contribution in [1.82, 2.24) is 80.7 Å². The highest BCUT2D eigenvalue weighted by molar-refractivity contribution is 6.32. The minimum absolute atomic E-state index is 0.120. The fourth-order valence-electron chi connectivity index (χ4n) is 17.4. The molecular weight excluding hydrogens is 1590 g/mol. The van der Waals surface area contributed by atoms with Crippen LogP contribution in [-0.4, -0.2) is 175 Å². The van der Waals surface area contributed by atoms with Gasteiger partial charge >= 0.3 is 0 Å². The Labute approximate surface area is 749 Å². The number of benzene rings is 8. The van der Waals surface area contributed by atoms with E-state index in [2.05, 4.69) is 213 Å². The first-order chi connectivity index (χ1) is 60.9. The topological polar surface area (TPSA) is 225 Å². The average molecular weight is 1720 g/mol. The van der Waals surface area contributed by atoms with E-state index < -0.39 is 11.6 Å². The van der Waals surface area contributed by atoms with E-state index in [4.69, 9.17) is 31.5 Å². The molecule has 16 rings (SSSR count). The number of nitrogens with zero attached hydrogens (tertiary/aromatic N) is 12. The summed E-state index contributed by atoms with van der Waals surface area (Å²) in [4.78, 5) is 47.1. The van der Waals surface area contributed by atoms with E-state index in [0.29, 0.717) is 59.1 Å². The van der Waals surface area contributed by atoms with Crippen LogP contribution in [0.4, 0.5) is 8.78 Å². The number of phenolic OH excluding ortho intramolecular Hbond substituents is 3. The Bertz CT molecular complexity index is 5410. The van der Waals surface area contributed by atoms with Gasteiger partial charge in [0.15, 0.2) is 0 Å². The third-order valence-corrected chi connectivity index (χ3v) is 24.1. The summed E-state index contributed by atoms with van der Waals surface area (Å²) in [6, 6.07) is 68.6. The Balaban J connectivity index is 0.000000144. The Morgan fingerprint density at radius 3 is 1.01 bits per heavy atom. The Morgan fingerprint density at radius 1 is 0.357 bits per heavy atom. The standard InChI is InChI=1S/C26H31ClN4O.C26H30F2N4.2C26H32N4O/c1-18-15-31(16-19(2)29-18)17-21-6-3-7-22(13-21)24-11-12-28-26(30-24)8-4-5-20-9-10-25(32)23(27)14-20;1-26(2)18-29-11-12-32(26)17-20-6-3-7-21(13-20)24-9-10-30-25(31-24)8-4-5-19-14-22(27)16-23(28)15-19;1-19-16-30(17-20(2)28-19)18-22-6-3-7-23(15-22)25-13-14-27-26(29-25)8-4-5-21-9-11-24(31)12-10-21;1-26(2)19-27-15-16-30(26)18-21-6-3-7-22(17-21)24-13-14-28-25(29-24)8-4-5-20-9-11-23(31)12-10-20/h3,6-7,9-14,18-19,29,32H,4-5,8,15-17H2,1-2H3;3,6-7,9-10,13-16,29H,4-5,8,11-12,17-18H2,1-2H3;3,6-7,9-15,19-20,28,31H,4-5,8,16-18H2,1-2H3;3,6-7,9-14,17,27,31H,4-5,8,15-16,18-19H2,1-2H3. The predicted molar refractivity (Wildman–Crippen MR) is 503 cm³/mol. The number of rotatable bonds is 28. The van der Waals surface area contributed by atoms with Gasteiger partial charge in [0.05, 0.1) is 27.8 Å². The van der Waals surface area contributed by atoms with Gasteiger partial charge in [-0.25, -0.2) is 48.7 Å². The van der Waals surface area contributed by atoms with Crippen LogP contribution in [0.5, 0.6) is 17.2 Å². The smallest absolute Gasteiger partial charge is 0.134 e. The summed E-state index contributed by atoms with van der Waals surface area (Å²) in [5.41, 5.74) is 18.0. The molecular formula is C104H125ClF2N16O3. The van der Waals surface area contributed by atoms with Gasteiger partial charge in [-0.15, -0.1) is 0 Å². The summed E-state index contributed by atoms with van der Waals surface area (Å²) < 4.78 is 26.7. The van der Waals surface area contributed by atoms with Crippen LogP contribution >= 0.6 is 11.6 Å². The molecule has 0 bridgehead atoms. The summed E-state index contributed by atoms with van der Waals surface area (Å²) in [5, 5.41) is 42.9. The van der Waals surface area contributed by atoms with Gasteiger partial charge in [0.25, 0.3) is 0 Å². The van der Waals surface area contributed by atoms with Gasteiger partial charge in [-0.05, 0) is 248 Å². The molecule has 22 heteroatoms. The lowest BCUT2D eigenvalue weighted by Gasteiger charge is -2.43. The van der Waals surface area contributed by atoms with Gasteiger partial charge in [0.1, 0.15) is 52.2 Å². The van der Waals surface area contributed by atoms with Crippen molar-refractivity contribution in [2.75, 3.05) is 65.4 Å². The van der Waals surface area contributed by atoms with Gasteiger partial charge in [0.2, 0.25) is 0 Å². The summed E-state index contributed by atoms with van der Waals surface area (Å²) in [7, 11) is 0. The van der Waals surface area contributed by atoms with Crippen molar-refractivity contribution < 1.29 is 24.1 Å². The highest BCUT2D eigenvalue weighted by Gasteiger charge is 2.31. The number of piperazine rings is 4. The lowest BCUT2D eigenvalue weighted by atomic mass is 9.98. The lowest BCUT2D eigenvalue weighted by molar-refractivity contribution is 0.0827. The SMILES string of the molecule is CC1(C)CNCCN1Cc1cccc(-c2ccnc(CCCc3cc(F)cc(F)c3)n2)c1.CC1(C)CNCCN1Cc1cccc(-c2ccnc(CCCc3ccc(O)cc3)n2)c1.CC1CN(Cc2cccc(-c3ccnc(CCCc4ccc(O)c(Cl)c4)n3)c2)CC(C)N1.CC1CN(Cc2cccc(-c3ccnc(CCCc4ccc(O)cc4)n3)c2)CC(C)N1. The number of hydrogen-bond donors (Lipinski definition) is 7. The van der Waals surface area contributed by atoms with Crippen molar-refractivity contribution in [2.45, 2.75) is 194 Å². The molecule has 19 nitrogen and oxygen atoms in total. The average Bonchev–Trinajstić information content (AvgIpc) is 0.828. The summed E-state index contributed by atoms with van der Waals surface area (Å²) >= 11 is 6.01. The summed E-state index contributed by atoms with van der Waals surface area (Å²) in [6.07, 6.45) is 17.4. The lowest BCUT2D eigenvalue weighted by Crippen LogP contribution is -2.57. The summed E-state index contributed by atoms with van der Waals surface area (Å²) in [5.74, 6) is 3.01. The van der Waals surface area contributed by atoms with Gasteiger partial charge in [-0.2, -0.15) is 0 Å². The molecule has 4 unspecified atom stereocenters. The zero-order valence-electron chi connectivity index (χ0n) is 74.5. The molecule has 4 fully saturated rings. The van der Waals surface area contributed by atoms with Crippen LogP contribution in [-0.2, 0) is 77.5 Å². The zero-order chi connectivity index (χ0) is 88.4. The third-order valence-electron chi connectivity index (χ3n) is 23.8. The van der Waals surface area contributed by atoms with Gasteiger partial charge < -0.3 is 36.6 Å². The number of aryl methyl sites for hydroxylation is 8. The highest BCUT2D eigenvalue weighted by Crippen LogP contribution is 2.30. The highest BCUT2D eigenvalue weighted by atomic mass is 35.5. The molecule has 7 N–H and O–H groups in total. The monoisotopic (exact) mass is 1720 g/mol. The van der Waals surface area contributed by atoms with Crippen molar-refractivity contribution in [3.05, 3.63) is 316 Å². The van der Waals surface area contributed by atoms with E-state index in [1.165, 1.54) is 45.5 Å². The first-order valence-electron chi connectivity index (χ1n) is 44.9. The van der Waals surface area contributed by atoms with Gasteiger partial charge in [-0.1, -0.05) is 115 Å². The molecule has 4 atom stereocenters. The molecule has 126 heavy (non-hydrogen) atoms. The minimum Gasteiger partial charge on any atom is -0.508 e. The van der Waals surface area contributed by atoms with E-state index in [1.54, 1.807) is 36.5 Å². The van der Waals surface area contributed by atoms with E-state index in [-0.39, 0.29) is 16.8 Å². The molecule has 4 saturated heterocycles. The number of phenols is 3. The molecule has 0 aliphatic carbocycles. The molecule has 8 heterocycles. The van der Waals surface area contributed by atoms with Crippen LogP contribution < -0.4 is 21.3 Å². The molecule has 8 aromatic carbocycles. The predicted octanol–water partition coefficient (Wildman–Crippen LogP) is 18.1. The normalized spacial score (nSPS) is 17.8. The quantitative estimate of drug-likeness (QED) is 0.0242. The largest absolute Gasteiger partial charge is 0.508 e. The van der Waals surface area contributed by atoms with Crippen LogP contribution in [0.1, 0.15) is 149 Å². The molecule has 660 valence electrons. The molecule has 0 amide bonds. The number of aromatic nitrogens is 8. The first-order valence-corrected chi connectivity index (χ1v) is 45.3. The van der Waals surface area contributed by atoms with Crippen LogP contribution in [0.15, 0.2) is 231 Å². The molecule has 4 aliphatic heterocycles. The maximum Gasteiger partial charge on any atom is 0.134 e. The fourth-order valence-corrected chi connectivity index (χ4v) is 17.6. The second-order valence-corrected chi connectivity index (χ2v) is 36.1. The van der Waals surface area contributed by atoms with Crippen LogP contribution in [0, 0.1) is 11.6 Å². The molecule has 0 saturated carbocycles. The molecule has 12 aromatic rings. The van der Waals surface area contributed by atoms with Crippen LogP contribution in [0.2, 0.25) is 5.02 Å². The van der Waals surface area contributed by atoms with E-state index >= 15 is 0 Å². The minimum atomic E-state index is -0.540. The van der Waals surface area contributed by atoms with Crippen molar-refractivity contribution in [1.29, 1.82) is 0 Å². The molecule has 4 aromatic heterocycles. The Hall–Kier alpha value is -10.7. The third kappa shape index (κ3) is 28.9. The maximum absolute atomic E-state index is 13.4. The number of aromatic hydroxyl groups is 3. The second-order valence-electron chi connectivity index (χ2n) is 35.7. The number of nitrogens with one attached hydrogen (secondary N) is 4. The van der Waals surface area contributed by atoms with Crippen molar-refractivity contribution >= 4 is 11.6 Å². The number of hydrogen-bond acceptors (Lipinski definition) is 19. The Kier molecular flexibility index (Phi) is 33.7.